The first kappa shape index (κ1) is 12.3. The minimum absolute atomic E-state index is 0.156. The molecule has 0 spiro atoms. The van der Waals surface area contributed by atoms with E-state index in [0.29, 0.717) is 10.6 Å². The number of ketones is 1. The van der Waals surface area contributed by atoms with E-state index < -0.39 is 0 Å². The van der Waals surface area contributed by atoms with Gasteiger partial charge < -0.3 is 0 Å². The Morgan fingerprint density at radius 2 is 1.71 bits per heavy atom. The zero-order valence-electron chi connectivity index (χ0n) is 7.15. The predicted octanol–water partition coefficient (Wildman–Crippen LogP) is 4.61. The Balaban J connectivity index is 3.28. The highest BCUT2D eigenvalue weighted by atomic mass is 79.9. The molecule has 1 aromatic carbocycles. The van der Waals surface area contributed by atoms with Crippen molar-refractivity contribution in [2.45, 2.75) is 11.8 Å². The average Bonchev–Trinajstić information content (AvgIpc) is 2.01. The molecule has 5 heteroatoms. The Labute approximate surface area is 105 Å². The maximum atomic E-state index is 11.6. The fourth-order valence-corrected chi connectivity index (χ4v) is 2.21. The molecule has 1 aromatic rings. The van der Waals surface area contributed by atoms with Crippen molar-refractivity contribution in [2.24, 2.45) is 0 Å². The lowest BCUT2D eigenvalue weighted by molar-refractivity contribution is 0.0996. The van der Waals surface area contributed by atoms with Crippen LogP contribution in [0.3, 0.4) is 0 Å². The van der Waals surface area contributed by atoms with Crippen LogP contribution < -0.4 is 0 Å². The van der Waals surface area contributed by atoms with Crippen LogP contribution in [-0.4, -0.2) is 10.6 Å². The number of hydrogen-bond acceptors (Lipinski definition) is 1. The summed E-state index contributed by atoms with van der Waals surface area (Å²) in [4.78, 5) is 11.3. The second-order valence-electron chi connectivity index (χ2n) is 2.72. The lowest BCUT2D eigenvalue weighted by atomic mass is 10.1. The average molecular weight is 316 g/mol. The molecule has 1 unspecified atom stereocenters. The van der Waals surface area contributed by atoms with Gasteiger partial charge in [0.05, 0.1) is 20.4 Å². The summed E-state index contributed by atoms with van der Waals surface area (Å²) in [5.41, 5.74) is 0.308. The van der Waals surface area contributed by atoms with E-state index in [1.807, 2.05) is 0 Å². The van der Waals surface area contributed by atoms with Gasteiger partial charge in [0.1, 0.15) is 0 Å². The summed E-state index contributed by atoms with van der Waals surface area (Å²) in [6.45, 7) is 1.71. The molecule has 0 amide bonds. The minimum Gasteiger partial charge on any atom is -0.293 e. The Morgan fingerprint density at radius 3 is 2.07 bits per heavy atom. The second kappa shape index (κ2) is 4.84. The Morgan fingerprint density at radius 1 is 1.29 bits per heavy atom. The first-order chi connectivity index (χ1) is 6.43. The number of alkyl halides is 1. The molecule has 1 rings (SSSR count). The monoisotopic (exact) mass is 314 g/mol. The van der Waals surface area contributed by atoms with E-state index in [2.05, 4.69) is 15.9 Å². The number of benzene rings is 1. The quantitative estimate of drug-likeness (QED) is 0.575. The van der Waals surface area contributed by atoms with E-state index in [0.717, 1.165) is 0 Å². The van der Waals surface area contributed by atoms with Gasteiger partial charge in [-0.1, -0.05) is 50.7 Å². The van der Waals surface area contributed by atoms with Gasteiger partial charge in [-0.2, -0.15) is 0 Å². The number of carbonyl (C=O) groups is 1. The van der Waals surface area contributed by atoms with Gasteiger partial charge in [0, 0.05) is 5.02 Å². The highest BCUT2D eigenvalue weighted by molar-refractivity contribution is 9.10. The van der Waals surface area contributed by atoms with Gasteiger partial charge in [-0.25, -0.2) is 0 Å². The predicted molar refractivity (Wildman–Crippen MR) is 64.2 cm³/mol. The van der Waals surface area contributed by atoms with E-state index in [9.17, 15) is 4.79 Å². The van der Waals surface area contributed by atoms with Crippen LogP contribution in [0.2, 0.25) is 15.1 Å². The molecule has 0 heterocycles. The summed E-state index contributed by atoms with van der Waals surface area (Å²) < 4.78 is 0. The van der Waals surface area contributed by atoms with Crippen LogP contribution in [0.1, 0.15) is 17.3 Å². The molecule has 0 radical (unpaired) electrons. The van der Waals surface area contributed by atoms with Crippen molar-refractivity contribution in [3.8, 4) is 0 Å². The molecule has 0 aliphatic heterocycles. The van der Waals surface area contributed by atoms with Gasteiger partial charge in [0.2, 0.25) is 0 Å². The summed E-state index contributed by atoms with van der Waals surface area (Å²) in [6, 6.07) is 3.00. The van der Waals surface area contributed by atoms with Crippen molar-refractivity contribution in [3.63, 3.8) is 0 Å². The number of rotatable bonds is 2. The third-order valence-electron chi connectivity index (χ3n) is 1.61. The fourth-order valence-electron chi connectivity index (χ4n) is 0.976. The zero-order valence-corrected chi connectivity index (χ0v) is 11.0. The Kier molecular flexibility index (Phi) is 4.26. The molecule has 76 valence electrons. The van der Waals surface area contributed by atoms with E-state index in [1.54, 1.807) is 6.92 Å². The molecular weight excluding hydrogens is 310 g/mol. The maximum absolute atomic E-state index is 11.6. The van der Waals surface area contributed by atoms with Crippen LogP contribution in [0.4, 0.5) is 0 Å². The van der Waals surface area contributed by atoms with Crippen molar-refractivity contribution >= 4 is 56.5 Å². The van der Waals surface area contributed by atoms with Gasteiger partial charge in [-0.05, 0) is 19.1 Å². The van der Waals surface area contributed by atoms with Crippen LogP contribution in [0.15, 0.2) is 12.1 Å². The van der Waals surface area contributed by atoms with E-state index >= 15 is 0 Å². The van der Waals surface area contributed by atoms with Crippen LogP contribution in [0, 0.1) is 0 Å². The summed E-state index contributed by atoms with van der Waals surface area (Å²) >= 11 is 20.6. The third kappa shape index (κ3) is 2.63. The first-order valence-corrected chi connectivity index (χ1v) is 5.81. The SMILES string of the molecule is CC(Br)C(=O)c1c(Cl)cc(Cl)cc1Cl. The summed E-state index contributed by atoms with van der Waals surface area (Å²) in [5.74, 6) is -0.156. The lowest BCUT2D eigenvalue weighted by Gasteiger charge is -2.07. The summed E-state index contributed by atoms with van der Waals surface area (Å²) in [5, 5.41) is 0.969. The Hall–Kier alpha value is 0.240. The number of Topliss-reactive ketones (excluding diaryl/α,β-unsaturated/α-hetero) is 1. The van der Waals surface area contributed by atoms with Crippen molar-refractivity contribution in [1.82, 2.24) is 0 Å². The van der Waals surface area contributed by atoms with Crippen LogP contribution in [0.5, 0.6) is 0 Å². The summed E-state index contributed by atoms with van der Waals surface area (Å²) in [7, 11) is 0. The van der Waals surface area contributed by atoms with Gasteiger partial charge in [0.25, 0.3) is 0 Å². The topological polar surface area (TPSA) is 17.1 Å². The molecule has 0 aliphatic rings. The minimum atomic E-state index is -0.321. The number of halogens is 4. The van der Waals surface area contributed by atoms with Crippen LogP contribution in [-0.2, 0) is 0 Å². The standard InChI is InChI=1S/C9H6BrCl3O/c1-4(10)9(14)8-6(12)2-5(11)3-7(8)13/h2-4H,1H3. The van der Waals surface area contributed by atoms with E-state index in [4.69, 9.17) is 34.8 Å². The molecule has 1 nitrogen and oxygen atoms in total. The van der Waals surface area contributed by atoms with Crippen LogP contribution >= 0.6 is 50.7 Å². The largest absolute Gasteiger partial charge is 0.293 e. The van der Waals surface area contributed by atoms with Crippen molar-refractivity contribution in [2.75, 3.05) is 0 Å². The molecular formula is C9H6BrCl3O. The molecule has 14 heavy (non-hydrogen) atoms. The first-order valence-electron chi connectivity index (χ1n) is 3.76. The van der Waals surface area contributed by atoms with Gasteiger partial charge in [-0.3, -0.25) is 4.79 Å². The summed E-state index contributed by atoms with van der Waals surface area (Å²) in [6.07, 6.45) is 0. The smallest absolute Gasteiger partial charge is 0.179 e. The molecule has 0 aliphatic carbocycles. The molecule has 0 fully saturated rings. The van der Waals surface area contributed by atoms with E-state index in [-0.39, 0.29) is 20.7 Å². The number of hydrogen-bond donors (Lipinski definition) is 0. The third-order valence-corrected chi connectivity index (χ3v) is 2.84. The molecule has 0 N–H and O–H groups in total. The Bertz CT molecular complexity index is 353. The molecule has 0 bridgehead atoms. The molecule has 1 atom stereocenters. The fraction of sp³-hybridized carbons (Fsp3) is 0.222. The zero-order chi connectivity index (χ0) is 10.9. The van der Waals surface area contributed by atoms with Crippen LogP contribution in [0.25, 0.3) is 0 Å². The number of carbonyl (C=O) groups excluding carboxylic acids is 1. The van der Waals surface area contributed by atoms with Crippen molar-refractivity contribution in [1.29, 1.82) is 0 Å². The molecule has 0 aromatic heterocycles. The lowest BCUT2D eigenvalue weighted by Crippen LogP contribution is -2.11. The van der Waals surface area contributed by atoms with Gasteiger partial charge >= 0.3 is 0 Å². The van der Waals surface area contributed by atoms with Crippen molar-refractivity contribution < 1.29 is 4.79 Å². The molecule has 0 saturated heterocycles. The van der Waals surface area contributed by atoms with Gasteiger partial charge in [-0.15, -0.1) is 0 Å². The molecule has 0 saturated carbocycles. The van der Waals surface area contributed by atoms with Gasteiger partial charge in [0.15, 0.2) is 5.78 Å². The van der Waals surface area contributed by atoms with E-state index in [1.165, 1.54) is 12.1 Å². The highest BCUT2D eigenvalue weighted by Crippen LogP contribution is 2.30. The van der Waals surface area contributed by atoms with Crippen molar-refractivity contribution in [3.05, 3.63) is 32.8 Å². The highest BCUT2D eigenvalue weighted by Gasteiger charge is 2.19. The second-order valence-corrected chi connectivity index (χ2v) is 5.35. The normalized spacial score (nSPS) is 12.6. The maximum Gasteiger partial charge on any atom is 0.179 e.